The number of fused-ring (bicyclic) bond motifs is 1. The number of aromatic nitrogens is 1. The number of aryl methyl sites for hydroxylation is 2. The highest BCUT2D eigenvalue weighted by atomic mass is 35.5. The lowest BCUT2D eigenvalue weighted by Crippen LogP contribution is -2.28. The molecule has 0 fully saturated rings. The van der Waals surface area contributed by atoms with Gasteiger partial charge in [0.2, 0.25) is 0 Å². The number of nitrogens with one attached hydrogen (secondary N) is 1. The summed E-state index contributed by atoms with van der Waals surface area (Å²) in [7, 11) is 0. The summed E-state index contributed by atoms with van der Waals surface area (Å²) in [5.41, 5.74) is 7.04. The van der Waals surface area contributed by atoms with Crippen molar-refractivity contribution >= 4 is 33.8 Å². The van der Waals surface area contributed by atoms with Crippen molar-refractivity contribution in [1.82, 2.24) is 10.4 Å². The molecule has 3 rings (SSSR count). The smallest absolute Gasteiger partial charge is 0.0817 e. The van der Waals surface area contributed by atoms with E-state index in [1.807, 2.05) is 37.4 Å². The van der Waals surface area contributed by atoms with Crippen molar-refractivity contribution in [3.63, 3.8) is 0 Å². The number of nitrogens with zero attached hydrogens (tertiary/aromatic N) is 1. The van der Waals surface area contributed by atoms with Crippen LogP contribution in [0.25, 0.3) is 10.9 Å². The van der Waals surface area contributed by atoms with E-state index in [9.17, 15) is 0 Å². The quantitative estimate of drug-likeness (QED) is 0.564. The second kappa shape index (κ2) is 5.73. The first-order valence-corrected chi connectivity index (χ1v) is 7.93. The molecule has 3 nitrogen and oxygen atoms in total. The van der Waals surface area contributed by atoms with Crippen LogP contribution < -0.4 is 11.3 Å². The van der Waals surface area contributed by atoms with Crippen molar-refractivity contribution in [1.29, 1.82) is 0 Å². The SMILES string of the molecule is Cc1ccc2cc(C(NN)c3scc(C)c3Cl)ccc2n1. The van der Waals surface area contributed by atoms with Crippen molar-refractivity contribution in [2.24, 2.45) is 5.84 Å². The molecule has 1 unspecified atom stereocenters. The Labute approximate surface area is 132 Å². The van der Waals surface area contributed by atoms with Crippen LogP contribution in [0.3, 0.4) is 0 Å². The van der Waals surface area contributed by atoms with Crippen molar-refractivity contribution in [2.45, 2.75) is 19.9 Å². The number of halogens is 1. The third-order valence-electron chi connectivity index (χ3n) is 3.54. The lowest BCUT2D eigenvalue weighted by atomic mass is 10.0. The van der Waals surface area contributed by atoms with Crippen LogP contribution >= 0.6 is 22.9 Å². The monoisotopic (exact) mass is 317 g/mol. The molecule has 0 aliphatic heterocycles. The fraction of sp³-hybridized carbons (Fsp3) is 0.188. The largest absolute Gasteiger partial charge is 0.271 e. The zero-order valence-corrected chi connectivity index (χ0v) is 13.4. The zero-order chi connectivity index (χ0) is 15.0. The van der Waals surface area contributed by atoms with Crippen molar-refractivity contribution in [2.75, 3.05) is 0 Å². The molecule has 0 spiro atoms. The van der Waals surface area contributed by atoms with E-state index in [0.717, 1.165) is 37.6 Å². The van der Waals surface area contributed by atoms with Crippen molar-refractivity contribution in [3.05, 3.63) is 62.4 Å². The molecule has 5 heteroatoms. The Balaban J connectivity index is 2.09. The molecule has 21 heavy (non-hydrogen) atoms. The van der Waals surface area contributed by atoms with E-state index < -0.39 is 0 Å². The van der Waals surface area contributed by atoms with Crippen molar-refractivity contribution in [3.8, 4) is 0 Å². The summed E-state index contributed by atoms with van der Waals surface area (Å²) in [4.78, 5) is 5.56. The third kappa shape index (κ3) is 2.68. The van der Waals surface area contributed by atoms with Gasteiger partial charge >= 0.3 is 0 Å². The highest BCUT2D eigenvalue weighted by Crippen LogP contribution is 2.36. The number of rotatable bonds is 3. The molecule has 1 aromatic carbocycles. The third-order valence-corrected chi connectivity index (χ3v) is 5.32. The second-order valence-corrected chi connectivity index (χ2v) is 6.39. The Kier molecular flexibility index (Phi) is 3.95. The van der Waals surface area contributed by atoms with E-state index >= 15 is 0 Å². The van der Waals surface area contributed by atoms with Gasteiger partial charge in [-0.3, -0.25) is 10.8 Å². The molecule has 0 bridgehead atoms. The molecule has 0 saturated heterocycles. The molecule has 2 heterocycles. The molecular weight excluding hydrogens is 302 g/mol. The molecule has 0 amide bonds. The molecule has 0 radical (unpaired) electrons. The summed E-state index contributed by atoms with van der Waals surface area (Å²) in [6.07, 6.45) is 0. The van der Waals surface area contributed by atoms with Gasteiger partial charge < -0.3 is 0 Å². The Bertz CT molecular complexity index is 797. The number of thiophene rings is 1. The Morgan fingerprint density at radius 2 is 2.05 bits per heavy atom. The zero-order valence-electron chi connectivity index (χ0n) is 11.9. The van der Waals surface area contributed by atoms with Crippen LogP contribution in [-0.4, -0.2) is 4.98 Å². The molecular formula is C16H16ClN3S. The summed E-state index contributed by atoms with van der Waals surface area (Å²) in [6, 6.07) is 10.2. The first-order valence-electron chi connectivity index (χ1n) is 6.67. The fourth-order valence-electron chi connectivity index (χ4n) is 2.39. The predicted molar refractivity (Wildman–Crippen MR) is 89.7 cm³/mol. The lowest BCUT2D eigenvalue weighted by molar-refractivity contribution is 0.647. The van der Waals surface area contributed by atoms with Crippen LogP contribution in [0.1, 0.15) is 27.7 Å². The van der Waals surface area contributed by atoms with Gasteiger partial charge in [0.1, 0.15) is 0 Å². The van der Waals surface area contributed by atoms with Gasteiger partial charge in [-0.2, -0.15) is 0 Å². The van der Waals surface area contributed by atoms with Crippen LogP contribution in [-0.2, 0) is 0 Å². The minimum absolute atomic E-state index is 0.109. The van der Waals surface area contributed by atoms with E-state index in [2.05, 4.69) is 22.5 Å². The van der Waals surface area contributed by atoms with Gasteiger partial charge in [-0.1, -0.05) is 23.7 Å². The lowest BCUT2D eigenvalue weighted by Gasteiger charge is -2.16. The number of hydrogen-bond acceptors (Lipinski definition) is 4. The summed E-state index contributed by atoms with van der Waals surface area (Å²) in [5.74, 6) is 5.77. The van der Waals surface area contributed by atoms with E-state index in [-0.39, 0.29) is 6.04 Å². The molecule has 3 N–H and O–H groups in total. The molecule has 2 aromatic heterocycles. The fourth-order valence-corrected chi connectivity index (χ4v) is 3.78. The summed E-state index contributed by atoms with van der Waals surface area (Å²) >= 11 is 8.00. The molecule has 0 aliphatic rings. The van der Waals surface area contributed by atoms with E-state index in [4.69, 9.17) is 17.4 Å². The van der Waals surface area contributed by atoms with E-state index in [1.54, 1.807) is 11.3 Å². The normalized spacial score (nSPS) is 12.8. The average Bonchev–Trinajstić information content (AvgIpc) is 2.81. The Morgan fingerprint density at radius 1 is 1.24 bits per heavy atom. The first-order chi connectivity index (χ1) is 10.1. The van der Waals surface area contributed by atoms with Gasteiger partial charge in [-0.05, 0) is 48.6 Å². The minimum Gasteiger partial charge on any atom is -0.271 e. The molecule has 0 aliphatic carbocycles. The molecule has 3 aromatic rings. The maximum atomic E-state index is 6.37. The van der Waals surface area contributed by atoms with Crippen LogP contribution in [0.2, 0.25) is 5.02 Å². The van der Waals surface area contributed by atoms with Gasteiger partial charge in [0.15, 0.2) is 0 Å². The summed E-state index contributed by atoms with van der Waals surface area (Å²) in [6.45, 7) is 3.99. The van der Waals surface area contributed by atoms with Crippen LogP contribution in [0.5, 0.6) is 0 Å². The van der Waals surface area contributed by atoms with Crippen LogP contribution in [0.15, 0.2) is 35.7 Å². The highest BCUT2D eigenvalue weighted by molar-refractivity contribution is 7.10. The summed E-state index contributed by atoms with van der Waals surface area (Å²) < 4.78 is 0. The minimum atomic E-state index is -0.109. The maximum absolute atomic E-state index is 6.37. The van der Waals surface area contributed by atoms with Gasteiger partial charge in [0, 0.05) is 16.0 Å². The molecule has 0 saturated carbocycles. The Morgan fingerprint density at radius 3 is 2.71 bits per heavy atom. The van der Waals surface area contributed by atoms with Gasteiger partial charge in [-0.15, -0.1) is 11.3 Å². The predicted octanol–water partition coefficient (Wildman–Crippen LogP) is 4.12. The van der Waals surface area contributed by atoms with E-state index in [1.165, 1.54) is 0 Å². The van der Waals surface area contributed by atoms with Crippen LogP contribution in [0, 0.1) is 13.8 Å². The standard InChI is InChI=1S/C16H16ClN3S/c1-9-8-21-16(14(9)17)15(20-18)12-5-6-13-11(7-12)4-3-10(2)19-13/h3-8,15,20H,18H2,1-2H3. The number of hydrogen-bond donors (Lipinski definition) is 2. The molecule has 108 valence electrons. The van der Waals surface area contributed by atoms with Crippen LogP contribution in [0.4, 0.5) is 0 Å². The second-order valence-electron chi connectivity index (χ2n) is 5.10. The molecule has 1 atom stereocenters. The average molecular weight is 318 g/mol. The number of hydrazine groups is 1. The number of pyridine rings is 1. The van der Waals surface area contributed by atoms with Gasteiger partial charge in [0.25, 0.3) is 0 Å². The van der Waals surface area contributed by atoms with Gasteiger partial charge in [-0.25, -0.2) is 5.43 Å². The van der Waals surface area contributed by atoms with Crippen molar-refractivity contribution < 1.29 is 0 Å². The summed E-state index contributed by atoms with van der Waals surface area (Å²) in [5, 5.41) is 3.93. The highest BCUT2D eigenvalue weighted by Gasteiger charge is 2.19. The maximum Gasteiger partial charge on any atom is 0.0817 e. The topological polar surface area (TPSA) is 50.9 Å². The number of nitrogens with two attached hydrogens (primary N) is 1. The van der Waals surface area contributed by atoms with Gasteiger partial charge in [0.05, 0.1) is 16.6 Å². The Hall–Kier alpha value is -1.46. The number of benzene rings is 1. The van der Waals surface area contributed by atoms with E-state index in [0.29, 0.717) is 0 Å². The first kappa shape index (κ1) is 14.5.